The van der Waals surface area contributed by atoms with Crippen LogP contribution < -0.4 is 20.7 Å². The van der Waals surface area contributed by atoms with E-state index in [9.17, 15) is 36.8 Å². The molecule has 0 spiro atoms. The van der Waals surface area contributed by atoms with Gasteiger partial charge in [0, 0.05) is 18.5 Å². The average Bonchev–Trinajstić information content (AvgIpc) is 3.93. The Kier molecular flexibility index (Phi) is 10.2. The average molecular weight is 735 g/mol. The molecule has 0 radical (unpaired) electrons. The van der Waals surface area contributed by atoms with Crippen molar-refractivity contribution in [1.29, 1.82) is 0 Å². The summed E-state index contributed by atoms with van der Waals surface area (Å²) in [5.74, 6) is -2.88. The number of ether oxygens (including phenoxy) is 2. The summed E-state index contributed by atoms with van der Waals surface area (Å²) in [6, 6.07) is 2.26. The predicted molar refractivity (Wildman–Crippen MR) is 180 cm³/mol. The molecule has 3 heterocycles. The standard InChI is InChI=1S/C34H47FN6O9S/c1-33(2,3)50-31(45)37-26-12-14-36-13-5-4-8-21-16-34(21,30(44)39-51(47,48)23-10-11-23)38-28(42)27-15-22(18-41(27)29(26)43)49-32(46)40-17-20-7-6-9-25(35)24(20)19-40/h6-7,9,21-23,26-27,36H,4-5,8,10-19H2,1-3H3,(H,37,45)(H,38,42)(H,39,44)/t21-,22+,26-,27-,34+/m0/s1. The zero-order valence-corrected chi connectivity index (χ0v) is 30.0. The van der Waals surface area contributed by atoms with Crippen molar-refractivity contribution < 1.29 is 46.3 Å². The van der Waals surface area contributed by atoms with Gasteiger partial charge in [0.15, 0.2) is 0 Å². The second-order valence-corrected chi connectivity index (χ2v) is 17.2. The van der Waals surface area contributed by atoms with E-state index in [0.29, 0.717) is 49.9 Å². The molecule has 1 aromatic rings. The van der Waals surface area contributed by atoms with Gasteiger partial charge in [0.05, 0.1) is 18.3 Å². The first-order valence-corrected chi connectivity index (χ1v) is 19.2. The zero-order chi connectivity index (χ0) is 36.7. The molecule has 4 N–H and O–H groups in total. The van der Waals surface area contributed by atoms with Crippen LogP contribution in [-0.4, -0.2) is 102 Å². The Labute approximate surface area is 296 Å². The molecular formula is C34H47FN6O9S. The number of alkyl carbamates (subject to hydrolysis) is 1. The van der Waals surface area contributed by atoms with E-state index < -0.39 is 80.3 Å². The zero-order valence-electron chi connectivity index (χ0n) is 29.2. The van der Waals surface area contributed by atoms with Crippen LogP contribution in [0.4, 0.5) is 14.0 Å². The normalized spacial score (nSPS) is 28.6. The maximum absolute atomic E-state index is 14.4. The second-order valence-electron chi connectivity index (χ2n) is 15.3. The topological polar surface area (TPSA) is 193 Å². The number of hydrogen-bond donors (Lipinski definition) is 4. The van der Waals surface area contributed by atoms with Crippen LogP contribution in [0.3, 0.4) is 0 Å². The number of hydrogen-bond acceptors (Lipinski definition) is 10. The smallest absolute Gasteiger partial charge is 0.410 e. The first-order valence-electron chi connectivity index (χ1n) is 17.7. The lowest BCUT2D eigenvalue weighted by Gasteiger charge is -2.30. The molecule has 280 valence electrons. The molecule has 2 saturated carbocycles. The van der Waals surface area contributed by atoms with Crippen molar-refractivity contribution >= 4 is 39.9 Å². The van der Waals surface area contributed by atoms with Crippen LogP contribution in [0.1, 0.15) is 83.3 Å². The van der Waals surface area contributed by atoms with Crippen LogP contribution >= 0.6 is 0 Å². The minimum atomic E-state index is -3.90. The van der Waals surface area contributed by atoms with E-state index in [-0.39, 0.29) is 44.8 Å². The van der Waals surface area contributed by atoms with Crippen LogP contribution in [0, 0.1) is 11.7 Å². The number of sulfonamides is 1. The van der Waals surface area contributed by atoms with Crippen molar-refractivity contribution in [3.05, 3.63) is 35.1 Å². The summed E-state index contributed by atoms with van der Waals surface area (Å²) in [7, 11) is -3.90. The van der Waals surface area contributed by atoms with Gasteiger partial charge in [0.25, 0.3) is 5.91 Å². The number of carbonyl (C=O) groups excluding carboxylic acids is 5. The fourth-order valence-corrected chi connectivity index (χ4v) is 8.54. The first-order chi connectivity index (χ1) is 24.1. The molecule has 5 atom stereocenters. The minimum Gasteiger partial charge on any atom is -0.444 e. The van der Waals surface area contributed by atoms with Crippen molar-refractivity contribution in [3.8, 4) is 0 Å². The number of halogens is 1. The number of fused-ring (bicyclic) bond motifs is 3. The van der Waals surface area contributed by atoms with Crippen LogP contribution in [0.25, 0.3) is 0 Å². The van der Waals surface area contributed by atoms with Crippen molar-refractivity contribution in [2.75, 3.05) is 19.6 Å². The molecule has 0 aromatic heterocycles. The summed E-state index contributed by atoms with van der Waals surface area (Å²) < 4.78 is 53.3. The van der Waals surface area contributed by atoms with E-state index in [0.717, 1.165) is 6.42 Å². The molecule has 17 heteroatoms. The molecule has 0 bridgehead atoms. The van der Waals surface area contributed by atoms with Crippen molar-refractivity contribution in [1.82, 2.24) is 30.5 Å². The third kappa shape index (κ3) is 8.40. The highest BCUT2D eigenvalue weighted by molar-refractivity contribution is 7.91. The van der Waals surface area contributed by atoms with Crippen molar-refractivity contribution in [3.63, 3.8) is 0 Å². The van der Waals surface area contributed by atoms with Gasteiger partial charge in [-0.15, -0.1) is 0 Å². The maximum atomic E-state index is 14.4. The van der Waals surface area contributed by atoms with Crippen LogP contribution in [0.15, 0.2) is 18.2 Å². The molecule has 6 rings (SSSR count). The second kappa shape index (κ2) is 14.2. The van der Waals surface area contributed by atoms with Crippen LogP contribution in [-0.2, 0) is 47.0 Å². The monoisotopic (exact) mass is 734 g/mol. The summed E-state index contributed by atoms with van der Waals surface area (Å²) >= 11 is 0. The molecule has 51 heavy (non-hydrogen) atoms. The fraction of sp³-hybridized carbons (Fsp3) is 0.676. The van der Waals surface area contributed by atoms with E-state index in [1.165, 1.54) is 15.9 Å². The lowest BCUT2D eigenvalue weighted by Crippen LogP contribution is -2.58. The molecule has 5 amide bonds. The van der Waals surface area contributed by atoms with Crippen molar-refractivity contribution in [2.45, 2.75) is 120 Å². The Morgan fingerprint density at radius 1 is 1.04 bits per heavy atom. The molecular weight excluding hydrogens is 687 g/mol. The number of rotatable bonds is 5. The quantitative estimate of drug-likeness (QED) is 0.347. The van der Waals surface area contributed by atoms with Gasteiger partial charge >= 0.3 is 12.2 Å². The van der Waals surface area contributed by atoms with E-state index in [2.05, 4.69) is 20.7 Å². The van der Waals surface area contributed by atoms with E-state index in [4.69, 9.17) is 9.47 Å². The summed E-state index contributed by atoms with van der Waals surface area (Å²) in [6.45, 7) is 5.94. The Morgan fingerprint density at radius 3 is 2.51 bits per heavy atom. The fourth-order valence-electron chi connectivity index (χ4n) is 7.17. The predicted octanol–water partition coefficient (Wildman–Crippen LogP) is 1.79. The summed E-state index contributed by atoms with van der Waals surface area (Å²) in [5.41, 5.74) is -1.30. The molecule has 5 aliphatic rings. The van der Waals surface area contributed by atoms with Gasteiger partial charge in [-0.05, 0) is 89.9 Å². The highest BCUT2D eigenvalue weighted by Gasteiger charge is 2.62. The van der Waals surface area contributed by atoms with Gasteiger partial charge in [-0.3, -0.25) is 24.0 Å². The van der Waals surface area contributed by atoms with Gasteiger partial charge in [0.1, 0.15) is 35.1 Å². The lowest BCUT2D eigenvalue weighted by atomic mass is 10.1. The lowest BCUT2D eigenvalue weighted by molar-refractivity contribution is -0.141. The van der Waals surface area contributed by atoms with Crippen LogP contribution in [0.2, 0.25) is 0 Å². The Morgan fingerprint density at radius 2 is 1.80 bits per heavy atom. The van der Waals surface area contributed by atoms with Gasteiger partial charge in [-0.2, -0.15) is 0 Å². The number of benzene rings is 1. The Balaban J connectivity index is 1.24. The van der Waals surface area contributed by atoms with Crippen LogP contribution in [0.5, 0.6) is 0 Å². The SMILES string of the molecule is CC(C)(C)OC(=O)N[C@H]1CCNCCCC[C@H]2C[C@@]2(C(=O)NS(=O)(=O)C2CC2)NC(=O)[C@@H]2C[C@@H](OC(=O)N3Cc4cccc(F)c4C3)CN2C1=O. The van der Waals surface area contributed by atoms with Gasteiger partial charge in [-0.25, -0.2) is 22.4 Å². The molecule has 4 fully saturated rings. The summed E-state index contributed by atoms with van der Waals surface area (Å²) in [6.07, 6.45) is 0.644. The van der Waals surface area contributed by atoms with E-state index >= 15 is 0 Å². The molecule has 0 unspecified atom stereocenters. The largest absolute Gasteiger partial charge is 0.444 e. The third-order valence-electron chi connectivity index (χ3n) is 10.1. The minimum absolute atomic E-state index is 0.00220. The third-order valence-corrected chi connectivity index (χ3v) is 11.9. The summed E-state index contributed by atoms with van der Waals surface area (Å²) in [5, 5.41) is 8.09. The van der Waals surface area contributed by atoms with Gasteiger partial charge in [-0.1, -0.05) is 18.6 Å². The number of amides is 5. The molecule has 1 aromatic carbocycles. The highest BCUT2D eigenvalue weighted by atomic mass is 32.2. The summed E-state index contributed by atoms with van der Waals surface area (Å²) in [4.78, 5) is 70.8. The molecule has 3 aliphatic heterocycles. The molecule has 2 aliphatic carbocycles. The van der Waals surface area contributed by atoms with Crippen molar-refractivity contribution in [2.24, 2.45) is 5.92 Å². The maximum Gasteiger partial charge on any atom is 0.410 e. The van der Waals surface area contributed by atoms with E-state index in [1.807, 2.05) is 0 Å². The Hall–Kier alpha value is -3.99. The number of nitrogens with zero attached hydrogens (tertiary/aromatic N) is 2. The molecule has 15 nitrogen and oxygen atoms in total. The highest BCUT2D eigenvalue weighted by Crippen LogP contribution is 2.48. The van der Waals surface area contributed by atoms with Gasteiger partial charge < -0.3 is 30.3 Å². The van der Waals surface area contributed by atoms with E-state index in [1.54, 1.807) is 32.9 Å². The number of carbonyl (C=O) groups is 5. The molecule has 2 saturated heterocycles. The van der Waals surface area contributed by atoms with Gasteiger partial charge in [0.2, 0.25) is 21.8 Å². The number of nitrogens with one attached hydrogen (secondary N) is 4. The first kappa shape index (κ1) is 36.8. The Bertz CT molecular complexity index is 1680.